The minimum Gasteiger partial charge on any atom is -0.359 e. The summed E-state index contributed by atoms with van der Waals surface area (Å²) in [4.78, 5) is 42.0. The van der Waals surface area contributed by atoms with E-state index in [1.165, 1.54) is 6.42 Å². The van der Waals surface area contributed by atoms with Crippen LogP contribution in [0.15, 0.2) is 12.2 Å². The molecule has 2 saturated carbocycles. The van der Waals surface area contributed by atoms with Gasteiger partial charge in [-0.25, -0.2) is 0 Å². The van der Waals surface area contributed by atoms with Crippen LogP contribution in [0.5, 0.6) is 0 Å². The van der Waals surface area contributed by atoms with Crippen LogP contribution in [-0.2, 0) is 19.1 Å². The van der Waals surface area contributed by atoms with Crippen LogP contribution in [0, 0.1) is 11.8 Å². The summed E-state index contributed by atoms with van der Waals surface area (Å²) >= 11 is 0. The molecule has 0 aromatic rings. The van der Waals surface area contributed by atoms with Crippen molar-refractivity contribution in [3.8, 4) is 0 Å². The molecular weight excluding hydrogens is 382 g/mol. The Bertz CT molecular complexity index is 793. The topological polar surface area (TPSA) is 87.7 Å². The molecule has 7 nitrogen and oxygen atoms in total. The second-order valence-corrected chi connectivity index (χ2v) is 10.8. The van der Waals surface area contributed by atoms with Gasteiger partial charge in [0.05, 0.1) is 17.9 Å². The molecule has 3 aliphatic heterocycles. The van der Waals surface area contributed by atoms with E-state index in [1.807, 2.05) is 32.9 Å². The Balaban J connectivity index is 1.44. The quantitative estimate of drug-likeness (QED) is 0.684. The lowest BCUT2D eigenvalue weighted by Gasteiger charge is -2.34. The first-order valence-electron chi connectivity index (χ1n) is 11.5. The van der Waals surface area contributed by atoms with Crippen molar-refractivity contribution in [1.29, 1.82) is 0 Å². The summed E-state index contributed by atoms with van der Waals surface area (Å²) < 4.78 is 6.34. The molecule has 30 heavy (non-hydrogen) atoms. The predicted molar refractivity (Wildman–Crippen MR) is 110 cm³/mol. The zero-order valence-electron chi connectivity index (χ0n) is 18.1. The summed E-state index contributed by atoms with van der Waals surface area (Å²) in [6, 6.07) is -0.455. The Morgan fingerprint density at radius 1 is 1.10 bits per heavy atom. The van der Waals surface area contributed by atoms with Crippen molar-refractivity contribution in [3.05, 3.63) is 12.2 Å². The Hall–Kier alpha value is -1.89. The number of rotatable bonds is 4. The molecule has 0 aromatic heterocycles. The van der Waals surface area contributed by atoms with Crippen molar-refractivity contribution >= 4 is 17.7 Å². The second kappa shape index (κ2) is 6.81. The highest BCUT2D eigenvalue weighted by molar-refractivity contribution is 6.00. The SMILES string of the molecule is CC(C)(C)NC(=O)[C@@H]1N(C2CC2)C(=O)[C@@H]2[C@@H](C(=O)NC3CCCCC3)[C@H]3C=C[C@]21O3. The monoisotopic (exact) mass is 415 g/mol. The Morgan fingerprint density at radius 3 is 2.43 bits per heavy atom. The van der Waals surface area contributed by atoms with E-state index in [0.29, 0.717) is 0 Å². The number of hydrogen-bond acceptors (Lipinski definition) is 4. The van der Waals surface area contributed by atoms with E-state index >= 15 is 0 Å². The smallest absolute Gasteiger partial charge is 0.246 e. The molecule has 0 radical (unpaired) electrons. The molecule has 2 saturated heterocycles. The number of nitrogens with one attached hydrogen (secondary N) is 2. The van der Waals surface area contributed by atoms with Crippen molar-refractivity contribution in [2.24, 2.45) is 11.8 Å². The summed E-state index contributed by atoms with van der Waals surface area (Å²) in [5, 5.41) is 6.24. The van der Waals surface area contributed by atoms with E-state index in [0.717, 1.165) is 38.5 Å². The summed E-state index contributed by atoms with van der Waals surface area (Å²) in [6.07, 6.45) is 10.6. The fourth-order valence-electron chi connectivity index (χ4n) is 5.93. The van der Waals surface area contributed by atoms with Gasteiger partial charge in [0.2, 0.25) is 17.7 Å². The lowest BCUT2D eigenvalue weighted by molar-refractivity contribution is -0.143. The Labute approximate surface area is 178 Å². The molecule has 2 aliphatic carbocycles. The molecule has 2 bridgehead atoms. The van der Waals surface area contributed by atoms with Gasteiger partial charge in [0.1, 0.15) is 11.6 Å². The van der Waals surface area contributed by atoms with Crippen molar-refractivity contribution in [2.75, 3.05) is 0 Å². The Morgan fingerprint density at radius 2 is 1.80 bits per heavy atom. The van der Waals surface area contributed by atoms with Gasteiger partial charge < -0.3 is 20.3 Å². The van der Waals surface area contributed by atoms with Crippen LogP contribution in [0.25, 0.3) is 0 Å². The van der Waals surface area contributed by atoms with Crippen molar-refractivity contribution in [1.82, 2.24) is 15.5 Å². The molecule has 0 aromatic carbocycles. The maximum atomic E-state index is 13.6. The van der Waals surface area contributed by atoms with Crippen molar-refractivity contribution < 1.29 is 19.1 Å². The minimum absolute atomic E-state index is 0.0753. The predicted octanol–water partition coefficient (Wildman–Crippen LogP) is 1.66. The molecule has 5 atom stereocenters. The van der Waals surface area contributed by atoms with Crippen molar-refractivity contribution in [3.63, 3.8) is 0 Å². The third-order valence-electron chi connectivity index (χ3n) is 7.25. The highest BCUT2D eigenvalue weighted by Gasteiger charge is 2.74. The van der Waals surface area contributed by atoms with Gasteiger partial charge in [0.25, 0.3) is 0 Å². The lowest BCUT2D eigenvalue weighted by Crippen LogP contribution is -2.58. The average Bonchev–Trinajstić information content (AvgIpc) is 3.26. The van der Waals surface area contributed by atoms with E-state index in [9.17, 15) is 14.4 Å². The number of fused-ring (bicyclic) bond motifs is 1. The van der Waals surface area contributed by atoms with Crippen LogP contribution in [0.1, 0.15) is 65.7 Å². The van der Waals surface area contributed by atoms with Gasteiger partial charge in [-0.05, 0) is 46.5 Å². The van der Waals surface area contributed by atoms with Gasteiger partial charge in [-0.2, -0.15) is 0 Å². The summed E-state index contributed by atoms with van der Waals surface area (Å²) in [6.45, 7) is 5.80. The molecule has 3 heterocycles. The van der Waals surface area contributed by atoms with Crippen LogP contribution >= 0.6 is 0 Å². The zero-order chi connectivity index (χ0) is 21.3. The van der Waals surface area contributed by atoms with E-state index in [4.69, 9.17) is 4.74 Å². The fourth-order valence-corrected chi connectivity index (χ4v) is 5.93. The highest BCUT2D eigenvalue weighted by atomic mass is 16.5. The van der Waals surface area contributed by atoms with Crippen LogP contribution in [-0.4, -0.2) is 58.0 Å². The normalized spacial score (nSPS) is 38.1. The fraction of sp³-hybridized carbons (Fsp3) is 0.783. The van der Waals surface area contributed by atoms with Gasteiger partial charge in [-0.3, -0.25) is 14.4 Å². The lowest BCUT2D eigenvalue weighted by atomic mass is 9.74. The van der Waals surface area contributed by atoms with Gasteiger partial charge in [0.15, 0.2) is 0 Å². The minimum atomic E-state index is -1.03. The molecule has 4 fully saturated rings. The molecule has 5 rings (SSSR count). The third kappa shape index (κ3) is 3.08. The molecular formula is C23H33N3O4. The first-order chi connectivity index (χ1) is 14.2. The third-order valence-corrected chi connectivity index (χ3v) is 7.25. The first-order valence-corrected chi connectivity index (χ1v) is 11.5. The number of hydrogen-bond donors (Lipinski definition) is 2. The van der Waals surface area contributed by atoms with Crippen LogP contribution < -0.4 is 10.6 Å². The summed E-state index contributed by atoms with van der Waals surface area (Å²) in [7, 11) is 0. The van der Waals surface area contributed by atoms with Crippen molar-refractivity contribution in [2.45, 2.75) is 101 Å². The molecule has 3 amide bonds. The Kier molecular flexibility index (Phi) is 4.55. The number of nitrogens with zero attached hydrogens (tertiary/aromatic N) is 1. The van der Waals surface area contributed by atoms with E-state index in [-0.39, 0.29) is 29.8 Å². The number of carbonyl (C=O) groups excluding carboxylic acids is 3. The number of carbonyl (C=O) groups is 3. The maximum Gasteiger partial charge on any atom is 0.246 e. The van der Waals surface area contributed by atoms with Gasteiger partial charge >= 0.3 is 0 Å². The number of likely N-dealkylation sites (tertiary alicyclic amines) is 1. The highest BCUT2D eigenvalue weighted by Crippen LogP contribution is 2.57. The first kappa shape index (κ1) is 20.0. The maximum absolute atomic E-state index is 13.6. The number of ether oxygens (including phenoxy) is 1. The second-order valence-electron chi connectivity index (χ2n) is 10.8. The van der Waals surface area contributed by atoms with E-state index in [2.05, 4.69) is 10.6 Å². The standard InChI is InChI=1S/C23H33N3O4/c1-22(2,3)25-20(28)18-23-12-11-15(30-23)16(17(23)21(29)26(18)14-9-10-14)19(27)24-13-7-5-4-6-8-13/h11-18H,4-10H2,1-3H3,(H,24,27)(H,25,28)/t15-,16+,17+,18+,23+/m1/s1. The summed E-state index contributed by atoms with van der Waals surface area (Å²) in [5.41, 5.74) is -1.45. The zero-order valence-corrected chi connectivity index (χ0v) is 18.1. The molecule has 7 heteroatoms. The van der Waals surface area contributed by atoms with Gasteiger partial charge in [-0.15, -0.1) is 0 Å². The van der Waals surface area contributed by atoms with E-state index in [1.54, 1.807) is 4.90 Å². The molecule has 1 spiro atoms. The van der Waals surface area contributed by atoms with Crippen LogP contribution in [0.2, 0.25) is 0 Å². The largest absolute Gasteiger partial charge is 0.359 e. The molecule has 2 N–H and O–H groups in total. The van der Waals surface area contributed by atoms with Gasteiger partial charge in [-0.1, -0.05) is 31.4 Å². The van der Waals surface area contributed by atoms with E-state index < -0.39 is 35.1 Å². The molecule has 0 unspecified atom stereocenters. The van der Waals surface area contributed by atoms with Gasteiger partial charge in [0, 0.05) is 17.6 Å². The van der Waals surface area contributed by atoms with Crippen LogP contribution in [0.3, 0.4) is 0 Å². The molecule has 5 aliphatic rings. The summed E-state index contributed by atoms with van der Waals surface area (Å²) in [5.74, 6) is -1.55. The van der Waals surface area contributed by atoms with Crippen LogP contribution in [0.4, 0.5) is 0 Å². The average molecular weight is 416 g/mol. The number of amides is 3. The molecule has 164 valence electrons.